The van der Waals surface area contributed by atoms with Crippen molar-refractivity contribution >= 4 is 29.1 Å². The van der Waals surface area contributed by atoms with Crippen LogP contribution in [0.1, 0.15) is 19.3 Å². The molecule has 0 aromatic carbocycles. The molecular weight excluding hydrogens is 328 g/mol. The van der Waals surface area contributed by atoms with Gasteiger partial charge in [-0.05, 0) is 24.4 Å². The van der Waals surface area contributed by atoms with Crippen LogP contribution in [0.15, 0.2) is 6.20 Å². The summed E-state index contributed by atoms with van der Waals surface area (Å²) in [5.41, 5.74) is -0.245. The lowest BCUT2D eigenvalue weighted by atomic mass is 10.1. The van der Waals surface area contributed by atoms with Gasteiger partial charge in [-0.3, -0.25) is 14.9 Å². The molecule has 0 unspecified atom stereocenters. The standard InChI is InChI=1S/C13H17ClN4O5/c1-22-11(19)2-5-17(9-3-6-23-7-4-9)12-10(18(20)21)8-15-13(14)16-12/h8-9H,2-7H2,1H3. The van der Waals surface area contributed by atoms with Gasteiger partial charge in [0.25, 0.3) is 0 Å². The lowest BCUT2D eigenvalue weighted by Gasteiger charge is -2.34. The second-order valence-corrected chi connectivity index (χ2v) is 5.31. The third-order valence-corrected chi connectivity index (χ3v) is 3.79. The molecule has 1 saturated heterocycles. The van der Waals surface area contributed by atoms with Crippen LogP contribution in [-0.4, -0.2) is 53.8 Å². The zero-order valence-corrected chi connectivity index (χ0v) is 13.4. The average Bonchev–Trinajstić information content (AvgIpc) is 2.55. The molecule has 0 aliphatic carbocycles. The molecule has 1 fully saturated rings. The second kappa shape index (κ2) is 8.02. The Morgan fingerprint density at radius 2 is 2.26 bits per heavy atom. The van der Waals surface area contributed by atoms with Gasteiger partial charge in [0.05, 0.1) is 18.5 Å². The Bertz CT molecular complexity index is 579. The average molecular weight is 345 g/mol. The van der Waals surface area contributed by atoms with E-state index in [9.17, 15) is 14.9 Å². The van der Waals surface area contributed by atoms with E-state index in [1.54, 1.807) is 4.90 Å². The fourth-order valence-electron chi connectivity index (χ4n) is 2.46. The lowest BCUT2D eigenvalue weighted by Crippen LogP contribution is -2.41. The van der Waals surface area contributed by atoms with Crippen LogP contribution in [-0.2, 0) is 14.3 Å². The van der Waals surface area contributed by atoms with Crippen LogP contribution in [0.3, 0.4) is 0 Å². The van der Waals surface area contributed by atoms with E-state index in [4.69, 9.17) is 16.3 Å². The van der Waals surface area contributed by atoms with Crippen LogP contribution >= 0.6 is 11.6 Å². The number of carbonyl (C=O) groups is 1. The summed E-state index contributed by atoms with van der Waals surface area (Å²) in [5.74, 6) is -0.282. The molecule has 0 spiro atoms. The second-order valence-electron chi connectivity index (χ2n) is 4.97. The highest BCUT2D eigenvalue weighted by Crippen LogP contribution is 2.30. The normalized spacial score (nSPS) is 15.2. The number of methoxy groups -OCH3 is 1. The fraction of sp³-hybridized carbons (Fsp3) is 0.615. The Balaban J connectivity index is 2.33. The van der Waals surface area contributed by atoms with Crippen molar-refractivity contribution in [3.8, 4) is 0 Å². The quantitative estimate of drug-likeness (QED) is 0.331. The summed E-state index contributed by atoms with van der Waals surface area (Å²) in [5, 5.41) is 11.2. The molecule has 0 radical (unpaired) electrons. The molecule has 1 aliphatic rings. The van der Waals surface area contributed by atoms with Gasteiger partial charge in [-0.1, -0.05) is 0 Å². The summed E-state index contributed by atoms with van der Waals surface area (Å²) in [6.07, 6.45) is 2.53. The highest BCUT2D eigenvalue weighted by Gasteiger charge is 2.30. The van der Waals surface area contributed by atoms with Gasteiger partial charge < -0.3 is 14.4 Å². The molecule has 23 heavy (non-hydrogen) atoms. The summed E-state index contributed by atoms with van der Waals surface area (Å²) in [4.78, 5) is 31.6. The van der Waals surface area contributed by atoms with Gasteiger partial charge in [0.1, 0.15) is 6.20 Å². The largest absolute Gasteiger partial charge is 0.469 e. The van der Waals surface area contributed by atoms with E-state index in [0.717, 1.165) is 6.20 Å². The highest BCUT2D eigenvalue weighted by atomic mass is 35.5. The number of anilines is 1. The maximum Gasteiger partial charge on any atom is 0.329 e. The Labute approximate surface area is 137 Å². The number of nitro groups is 1. The van der Waals surface area contributed by atoms with Gasteiger partial charge in [-0.2, -0.15) is 4.98 Å². The smallest absolute Gasteiger partial charge is 0.329 e. The Morgan fingerprint density at radius 1 is 1.57 bits per heavy atom. The molecule has 2 rings (SSSR count). The number of hydrogen-bond donors (Lipinski definition) is 0. The van der Waals surface area contributed by atoms with E-state index in [0.29, 0.717) is 26.1 Å². The summed E-state index contributed by atoms with van der Waals surface area (Å²) in [7, 11) is 1.30. The zero-order chi connectivity index (χ0) is 16.8. The molecule has 0 atom stereocenters. The van der Waals surface area contributed by atoms with Gasteiger partial charge in [0.15, 0.2) is 0 Å². The molecule has 0 amide bonds. The van der Waals surface area contributed by atoms with Crippen molar-refractivity contribution in [3.63, 3.8) is 0 Å². The Hall–Kier alpha value is -2.00. The SMILES string of the molecule is COC(=O)CCN(c1nc(Cl)ncc1[N+](=O)[O-])C1CCOCC1. The minimum absolute atomic E-state index is 0.0296. The topological polar surface area (TPSA) is 108 Å². The van der Waals surface area contributed by atoms with Crippen molar-refractivity contribution in [2.24, 2.45) is 0 Å². The number of hydrogen-bond acceptors (Lipinski definition) is 8. The van der Waals surface area contributed by atoms with Crippen molar-refractivity contribution in [2.75, 3.05) is 31.8 Å². The van der Waals surface area contributed by atoms with E-state index in [2.05, 4.69) is 14.7 Å². The van der Waals surface area contributed by atoms with Crippen molar-refractivity contribution in [3.05, 3.63) is 21.6 Å². The van der Waals surface area contributed by atoms with Crippen LogP contribution < -0.4 is 4.90 Å². The molecule has 0 bridgehead atoms. The Morgan fingerprint density at radius 3 is 2.87 bits per heavy atom. The predicted octanol–water partition coefficient (Wildman–Crippen LogP) is 1.59. The number of ether oxygens (including phenoxy) is 2. The van der Waals surface area contributed by atoms with Gasteiger partial charge in [-0.25, -0.2) is 4.98 Å². The first-order valence-electron chi connectivity index (χ1n) is 7.11. The third-order valence-electron chi connectivity index (χ3n) is 3.61. The summed E-state index contributed by atoms with van der Waals surface area (Å²) < 4.78 is 9.97. The first kappa shape index (κ1) is 17.4. The fourth-order valence-corrected chi connectivity index (χ4v) is 2.59. The van der Waals surface area contributed by atoms with Gasteiger partial charge in [0, 0.05) is 25.8 Å². The molecule has 126 valence electrons. The zero-order valence-electron chi connectivity index (χ0n) is 12.6. The van der Waals surface area contributed by atoms with Crippen molar-refractivity contribution in [1.82, 2.24) is 9.97 Å². The minimum atomic E-state index is -0.559. The number of rotatable bonds is 6. The van der Waals surface area contributed by atoms with Gasteiger partial charge >= 0.3 is 11.7 Å². The third kappa shape index (κ3) is 4.49. The molecular formula is C13H17ClN4O5. The van der Waals surface area contributed by atoms with Gasteiger partial charge in [0.2, 0.25) is 11.1 Å². The Kier molecular flexibility index (Phi) is 6.05. The minimum Gasteiger partial charge on any atom is -0.469 e. The van der Waals surface area contributed by atoms with Crippen molar-refractivity contribution in [1.29, 1.82) is 0 Å². The van der Waals surface area contributed by atoms with E-state index in [1.165, 1.54) is 7.11 Å². The van der Waals surface area contributed by atoms with E-state index < -0.39 is 10.9 Å². The molecule has 2 heterocycles. The summed E-state index contributed by atoms with van der Waals surface area (Å²) in [6, 6.07) is -0.0296. The molecule has 0 N–H and O–H groups in total. The van der Waals surface area contributed by atoms with E-state index >= 15 is 0 Å². The maximum atomic E-state index is 11.4. The number of halogens is 1. The number of carbonyl (C=O) groups excluding carboxylic acids is 1. The number of nitrogens with zero attached hydrogens (tertiary/aromatic N) is 4. The first-order valence-corrected chi connectivity index (χ1v) is 7.49. The molecule has 10 heteroatoms. The van der Waals surface area contributed by atoms with E-state index in [1.807, 2.05) is 0 Å². The summed E-state index contributed by atoms with van der Waals surface area (Å²) >= 11 is 5.81. The predicted molar refractivity (Wildman–Crippen MR) is 81.5 cm³/mol. The summed E-state index contributed by atoms with van der Waals surface area (Å²) in [6.45, 7) is 1.34. The number of aromatic nitrogens is 2. The van der Waals surface area contributed by atoms with Crippen molar-refractivity contribution < 1.29 is 19.2 Å². The van der Waals surface area contributed by atoms with Crippen LogP contribution in [0, 0.1) is 10.1 Å². The lowest BCUT2D eigenvalue weighted by molar-refractivity contribution is -0.384. The molecule has 0 saturated carbocycles. The van der Waals surface area contributed by atoms with Crippen LogP contribution in [0.2, 0.25) is 5.28 Å². The van der Waals surface area contributed by atoms with Crippen LogP contribution in [0.5, 0.6) is 0 Å². The molecule has 9 nitrogen and oxygen atoms in total. The molecule has 1 aliphatic heterocycles. The van der Waals surface area contributed by atoms with Gasteiger partial charge in [-0.15, -0.1) is 0 Å². The number of esters is 1. The first-order chi connectivity index (χ1) is 11.0. The van der Waals surface area contributed by atoms with E-state index in [-0.39, 0.29) is 35.8 Å². The molecule has 1 aromatic heterocycles. The maximum absolute atomic E-state index is 11.4. The highest BCUT2D eigenvalue weighted by molar-refractivity contribution is 6.28. The monoisotopic (exact) mass is 344 g/mol. The molecule has 1 aromatic rings. The van der Waals surface area contributed by atoms with Crippen LogP contribution in [0.25, 0.3) is 0 Å². The van der Waals surface area contributed by atoms with Crippen LogP contribution in [0.4, 0.5) is 11.5 Å². The van der Waals surface area contributed by atoms with Crippen molar-refractivity contribution in [2.45, 2.75) is 25.3 Å².